The lowest BCUT2D eigenvalue weighted by Gasteiger charge is -2.35. The molecule has 8 heteroatoms. The molecular formula is C22H29N3O4S. The van der Waals surface area contributed by atoms with Crippen molar-refractivity contribution in [3.8, 4) is 0 Å². The summed E-state index contributed by atoms with van der Waals surface area (Å²) in [6.45, 7) is 8.88. The van der Waals surface area contributed by atoms with E-state index in [-0.39, 0.29) is 23.0 Å². The second kappa shape index (κ2) is 9.59. The second-order valence-corrected chi connectivity index (χ2v) is 9.45. The Morgan fingerprint density at radius 2 is 1.77 bits per heavy atom. The number of hydrogen-bond donors (Lipinski definition) is 2. The number of benzene rings is 2. The minimum absolute atomic E-state index is 0.0477. The smallest absolute Gasteiger partial charge is 0.261 e. The van der Waals surface area contributed by atoms with Crippen molar-refractivity contribution in [1.82, 2.24) is 10.2 Å². The van der Waals surface area contributed by atoms with Gasteiger partial charge in [0.05, 0.1) is 17.1 Å². The summed E-state index contributed by atoms with van der Waals surface area (Å²) in [5.41, 5.74) is 1.83. The first-order chi connectivity index (χ1) is 14.2. The first kappa shape index (κ1) is 22.3. The van der Waals surface area contributed by atoms with Crippen LogP contribution in [0.4, 0.5) is 5.69 Å². The highest BCUT2D eigenvalue weighted by atomic mass is 32.2. The normalized spacial score (nSPS) is 20.0. The van der Waals surface area contributed by atoms with Crippen molar-refractivity contribution in [2.24, 2.45) is 0 Å². The van der Waals surface area contributed by atoms with Gasteiger partial charge in [-0.15, -0.1) is 0 Å². The molecule has 0 aromatic heterocycles. The molecule has 0 radical (unpaired) electrons. The van der Waals surface area contributed by atoms with Gasteiger partial charge < -0.3 is 10.1 Å². The predicted octanol–water partition coefficient (Wildman–Crippen LogP) is 2.63. The van der Waals surface area contributed by atoms with Gasteiger partial charge in [-0.1, -0.05) is 23.8 Å². The molecule has 30 heavy (non-hydrogen) atoms. The highest BCUT2D eigenvalue weighted by Gasteiger charge is 2.22. The lowest BCUT2D eigenvalue weighted by atomic mass is 10.2. The number of carbonyl (C=O) groups is 1. The average molecular weight is 432 g/mol. The highest BCUT2D eigenvalue weighted by Crippen LogP contribution is 2.18. The quantitative estimate of drug-likeness (QED) is 0.704. The molecule has 0 bridgehead atoms. The Labute approximate surface area is 178 Å². The van der Waals surface area contributed by atoms with Crippen molar-refractivity contribution in [3.05, 3.63) is 59.7 Å². The van der Waals surface area contributed by atoms with Crippen LogP contribution < -0.4 is 10.0 Å². The maximum absolute atomic E-state index is 12.7. The topological polar surface area (TPSA) is 87.7 Å². The van der Waals surface area contributed by atoms with Crippen LogP contribution in [0.3, 0.4) is 0 Å². The number of sulfonamides is 1. The summed E-state index contributed by atoms with van der Waals surface area (Å²) in [6, 6.07) is 13.1. The van der Waals surface area contributed by atoms with Gasteiger partial charge in [0.15, 0.2) is 0 Å². The Hall–Kier alpha value is -2.42. The number of aryl methyl sites for hydroxylation is 1. The van der Waals surface area contributed by atoms with E-state index in [1.165, 1.54) is 12.1 Å². The third-order valence-corrected chi connectivity index (χ3v) is 6.30. The van der Waals surface area contributed by atoms with E-state index in [1.807, 2.05) is 32.9 Å². The maximum atomic E-state index is 12.7. The van der Waals surface area contributed by atoms with Crippen LogP contribution in [-0.2, 0) is 14.8 Å². The van der Waals surface area contributed by atoms with E-state index in [4.69, 9.17) is 4.74 Å². The first-order valence-corrected chi connectivity index (χ1v) is 11.6. The second-order valence-electron chi connectivity index (χ2n) is 7.77. The molecule has 2 N–H and O–H groups in total. The summed E-state index contributed by atoms with van der Waals surface area (Å²) >= 11 is 0. The molecule has 1 fully saturated rings. The Kier molecular flexibility index (Phi) is 7.12. The van der Waals surface area contributed by atoms with Crippen molar-refractivity contribution >= 4 is 21.6 Å². The van der Waals surface area contributed by atoms with Crippen molar-refractivity contribution in [2.45, 2.75) is 37.9 Å². The van der Waals surface area contributed by atoms with Crippen molar-refractivity contribution in [2.75, 3.05) is 30.9 Å². The fraction of sp³-hybridized carbons (Fsp3) is 0.409. The van der Waals surface area contributed by atoms with Crippen molar-refractivity contribution < 1.29 is 17.9 Å². The number of hydrogen-bond acceptors (Lipinski definition) is 5. The van der Waals surface area contributed by atoms with E-state index < -0.39 is 10.0 Å². The van der Waals surface area contributed by atoms with Crippen LogP contribution in [0.1, 0.15) is 29.8 Å². The number of morpholine rings is 1. The van der Waals surface area contributed by atoms with Gasteiger partial charge in [0.1, 0.15) is 0 Å². The van der Waals surface area contributed by atoms with Crippen LogP contribution in [0.2, 0.25) is 0 Å². The fourth-order valence-electron chi connectivity index (χ4n) is 3.54. The minimum Gasteiger partial charge on any atom is -0.373 e. The summed E-state index contributed by atoms with van der Waals surface area (Å²) in [4.78, 5) is 14.8. The first-order valence-electron chi connectivity index (χ1n) is 10.1. The van der Waals surface area contributed by atoms with E-state index in [0.29, 0.717) is 17.8 Å². The Bertz CT molecular complexity index is 966. The molecule has 0 spiro atoms. The molecule has 1 saturated heterocycles. The zero-order valence-corrected chi connectivity index (χ0v) is 18.4. The molecule has 1 aliphatic heterocycles. The van der Waals surface area contributed by atoms with E-state index in [2.05, 4.69) is 14.9 Å². The summed E-state index contributed by atoms with van der Waals surface area (Å²) in [5, 5.41) is 2.87. The number of nitrogens with one attached hydrogen (secondary N) is 2. The highest BCUT2D eigenvalue weighted by molar-refractivity contribution is 7.92. The standard InChI is InChI=1S/C22H29N3O4S/c1-16-7-9-20(10-8-16)24-30(27,28)21-6-4-5-19(13-21)22(26)23-11-12-25-14-17(2)29-18(3)15-25/h4-10,13,17-18,24H,11-12,14-15H2,1-3H3,(H,23,26)/t17-,18+. The molecule has 0 unspecified atom stereocenters. The van der Waals surface area contributed by atoms with Crippen LogP contribution in [0.15, 0.2) is 53.4 Å². The number of amides is 1. The Morgan fingerprint density at radius 1 is 1.10 bits per heavy atom. The molecule has 1 aliphatic rings. The monoisotopic (exact) mass is 431 g/mol. The third kappa shape index (κ3) is 6.04. The van der Waals surface area contributed by atoms with Gasteiger partial charge in [-0.3, -0.25) is 14.4 Å². The maximum Gasteiger partial charge on any atom is 0.261 e. The van der Waals surface area contributed by atoms with E-state index in [9.17, 15) is 13.2 Å². The van der Waals surface area contributed by atoms with Gasteiger partial charge >= 0.3 is 0 Å². The van der Waals surface area contributed by atoms with Gasteiger partial charge in [0.25, 0.3) is 15.9 Å². The minimum atomic E-state index is -3.78. The fourth-order valence-corrected chi connectivity index (χ4v) is 4.64. The van der Waals surface area contributed by atoms with Gasteiger partial charge in [0, 0.05) is 37.4 Å². The van der Waals surface area contributed by atoms with Gasteiger partial charge in [-0.2, -0.15) is 0 Å². The van der Waals surface area contributed by atoms with Crippen LogP contribution in [0.5, 0.6) is 0 Å². The van der Waals surface area contributed by atoms with Crippen molar-refractivity contribution in [1.29, 1.82) is 0 Å². The molecule has 2 atom stereocenters. The summed E-state index contributed by atoms with van der Waals surface area (Å²) in [7, 11) is -3.78. The largest absolute Gasteiger partial charge is 0.373 e. The lowest BCUT2D eigenvalue weighted by molar-refractivity contribution is -0.0672. The molecule has 2 aromatic carbocycles. The molecule has 0 aliphatic carbocycles. The number of carbonyl (C=O) groups excluding carboxylic acids is 1. The molecule has 1 amide bonds. The van der Waals surface area contributed by atoms with Crippen LogP contribution in [-0.4, -0.2) is 57.6 Å². The predicted molar refractivity (Wildman–Crippen MR) is 117 cm³/mol. The average Bonchev–Trinajstić information content (AvgIpc) is 2.69. The Balaban J connectivity index is 1.60. The number of rotatable bonds is 7. The van der Waals surface area contributed by atoms with Crippen molar-refractivity contribution in [3.63, 3.8) is 0 Å². The Morgan fingerprint density at radius 3 is 2.43 bits per heavy atom. The summed E-state index contributed by atoms with van der Waals surface area (Å²) in [5.74, 6) is -0.295. The summed E-state index contributed by atoms with van der Waals surface area (Å²) < 4.78 is 33.6. The number of ether oxygens (including phenoxy) is 1. The van der Waals surface area contributed by atoms with E-state index in [0.717, 1.165) is 25.2 Å². The van der Waals surface area contributed by atoms with Crippen LogP contribution >= 0.6 is 0 Å². The molecule has 2 aromatic rings. The van der Waals surface area contributed by atoms with E-state index >= 15 is 0 Å². The van der Waals surface area contributed by atoms with Crippen LogP contribution in [0, 0.1) is 6.92 Å². The van der Waals surface area contributed by atoms with Crippen LogP contribution in [0.25, 0.3) is 0 Å². The molecule has 1 heterocycles. The molecule has 162 valence electrons. The molecule has 7 nitrogen and oxygen atoms in total. The molecule has 3 rings (SSSR count). The lowest BCUT2D eigenvalue weighted by Crippen LogP contribution is -2.47. The zero-order valence-electron chi connectivity index (χ0n) is 17.6. The summed E-state index contributed by atoms with van der Waals surface area (Å²) in [6.07, 6.45) is 0.347. The third-order valence-electron chi connectivity index (χ3n) is 4.92. The van der Waals surface area contributed by atoms with Gasteiger partial charge in [-0.05, 0) is 51.1 Å². The van der Waals surface area contributed by atoms with Gasteiger partial charge in [-0.25, -0.2) is 8.42 Å². The molecular weight excluding hydrogens is 402 g/mol. The SMILES string of the molecule is Cc1ccc(NS(=O)(=O)c2cccc(C(=O)NCCN3C[C@@H](C)O[C@@H](C)C3)c2)cc1. The zero-order chi connectivity index (χ0) is 21.7. The van der Waals surface area contributed by atoms with Gasteiger partial charge in [0.2, 0.25) is 0 Å². The molecule has 0 saturated carbocycles. The number of nitrogens with zero attached hydrogens (tertiary/aromatic N) is 1. The number of anilines is 1. The van der Waals surface area contributed by atoms with E-state index in [1.54, 1.807) is 24.3 Å².